The van der Waals surface area contributed by atoms with Crippen molar-refractivity contribution in [2.45, 2.75) is 193 Å². The Morgan fingerprint density at radius 2 is 0.977 bits per heavy atom. The van der Waals surface area contributed by atoms with Crippen LogP contribution in [0.4, 0.5) is 0 Å². The quantitative estimate of drug-likeness (QED) is 0.0646. The third-order valence-electron chi connectivity index (χ3n) is 8.98. The lowest BCUT2D eigenvalue weighted by molar-refractivity contribution is -0.671. The fourth-order valence-electron chi connectivity index (χ4n) is 5.98. The first kappa shape index (κ1) is 40.1. The van der Waals surface area contributed by atoms with Gasteiger partial charge in [0.25, 0.3) is 0 Å². The monoisotopic (exact) mass is 615 g/mol. The van der Waals surface area contributed by atoms with Gasteiger partial charge in [-0.05, 0) is 18.4 Å². The second-order valence-corrected chi connectivity index (χ2v) is 13.4. The molecule has 1 atom stereocenters. The normalized spacial score (nSPS) is 11.9. The van der Waals surface area contributed by atoms with Crippen LogP contribution in [0.3, 0.4) is 0 Å². The largest absolute Gasteiger partial charge is 0.354 e. The number of unbranched alkanes of at least 4 members (excludes halogenated alkanes) is 23. The Morgan fingerprint density at radius 3 is 1.41 bits per heavy atom. The van der Waals surface area contributed by atoms with Crippen LogP contribution in [0.1, 0.15) is 186 Å². The SMILES string of the molecule is CCCCCCCCCCCCCCCCNC(=O)C(Cc1cc[n+](C)cc1)NC(=O)CCCCCCCCCCCCC. The molecule has 2 amide bonds. The van der Waals surface area contributed by atoms with Gasteiger partial charge in [-0.1, -0.05) is 162 Å². The molecule has 1 heterocycles. The van der Waals surface area contributed by atoms with E-state index in [0.29, 0.717) is 19.4 Å². The number of aromatic nitrogens is 1. The lowest BCUT2D eigenvalue weighted by Crippen LogP contribution is -2.48. The van der Waals surface area contributed by atoms with Crippen molar-refractivity contribution in [3.63, 3.8) is 0 Å². The van der Waals surface area contributed by atoms with Crippen LogP contribution >= 0.6 is 0 Å². The fourth-order valence-corrected chi connectivity index (χ4v) is 5.98. The molecule has 44 heavy (non-hydrogen) atoms. The molecular formula is C39H72N3O2+. The van der Waals surface area contributed by atoms with Crippen molar-refractivity contribution in [2.75, 3.05) is 6.54 Å². The molecule has 0 aromatic carbocycles. The first-order chi connectivity index (χ1) is 21.6. The molecule has 254 valence electrons. The van der Waals surface area contributed by atoms with Crippen LogP contribution in [0.5, 0.6) is 0 Å². The molecule has 1 aromatic rings. The van der Waals surface area contributed by atoms with Gasteiger partial charge in [0.15, 0.2) is 12.4 Å². The molecular weight excluding hydrogens is 542 g/mol. The fraction of sp³-hybridized carbons (Fsp3) is 0.821. The second kappa shape index (κ2) is 29.8. The van der Waals surface area contributed by atoms with Gasteiger partial charge in [-0.15, -0.1) is 0 Å². The van der Waals surface area contributed by atoms with Crippen molar-refractivity contribution in [1.29, 1.82) is 0 Å². The molecule has 2 N–H and O–H groups in total. The summed E-state index contributed by atoms with van der Waals surface area (Å²) >= 11 is 0. The highest BCUT2D eigenvalue weighted by Crippen LogP contribution is 2.14. The summed E-state index contributed by atoms with van der Waals surface area (Å²) in [4.78, 5) is 25.9. The highest BCUT2D eigenvalue weighted by Gasteiger charge is 2.21. The Bertz CT molecular complexity index is 795. The molecule has 0 aliphatic rings. The lowest BCUT2D eigenvalue weighted by Gasteiger charge is -2.18. The van der Waals surface area contributed by atoms with Crippen LogP contribution in [-0.4, -0.2) is 24.4 Å². The van der Waals surface area contributed by atoms with Gasteiger partial charge < -0.3 is 10.6 Å². The minimum atomic E-state index is -0.519. The van der Waals surface area contributed by atoms with Gasteiger partial charge in [-0.25, -0.2) is 4.57 Å². The van der Waals surface area contributed by atoms with Crippen molar-refractivity contribution < 1.29 is 14.2 Å². The minimum absolute atomic E-state index is 0.000876. The molecule has 0 aliphatic heterocycles. The highest BCUT2D eigenvalue weighted by atomic mass is 16.2. The van der Waals surface area contributed by atoms with E-state index in [-0.39, 0.29) is 11.8 Å². The molecule has 0 bridgehead atoms. The molecule has 1 unspecified atom stereocenters. The average molecular weight is 615 g/mol. The van der Waals surface area contributed by atoms with E-state index in [1.807, 2.05) is 36.1 Å². The third-order valence-corrected chi connectivity index (χ3v) is 8.98. The van der Waals surface area contributed by atoms with Crippen LogP contribution in [0.2, 0.25) is 0 Å². The Labute approximate surface area is 273 Å². The number of carbonyl (C=O) groups excluding carboxylic acids is 2. The number of hydrogen-bond acceptors (Lipinski definition) is 2. The number of aryl methyl sites for hydroxylation is 1. The molecule has 0 aliphatic carbocycles. The van der Waals surface area contributed by atoms with Crippen molar-refractivity contribution in [3.05, 3.63) is 30.1 Å². The maximum absolute atomic E-state index is 13.1. The smallest absolute Gasteiger partial charge is 0.242 e. The number of pyridine rings is 1. The molecule has 5 heteroatoms. The third kappa shape index (κ3) is 24.4. The standard InChI is InChI=1S/C39H71N3O2/c1-4-6-8-10-12-14-16-17-18-20-22-24-26-28-32-40-39(44)37(35-36-30-33-42(3)34-31-36)41-38(43)29-27-25-23-21-19-15-13-11-9-7-5-2/h30-31,33-34,37H,4-29,32,35H2,1-3H3,(H-,40,41,43,44)/p+1. The minimum Gasteiger partial charge on any atom is -0.354 e. The first-order valence-corrected chi connectivity index (χ1v) is 19.1. The van der Waals surface area contributed by atoms with E-state index in [0.717, 1.165) is 31.2 Å². The summed E-state index contributed by atoms with van der Waals surface area (Å²) in [6, 6.07) is 3.54. The zero-order valence-corrected chi connectivity index (χ0v) is 29.4. The topological polar surface area (TPSA) is 62.1 Å². The molecule has 0 fully saturated rings. The van der Waals surface area contributed by atoms with Crippen molar-refractivity contribution in [3.8, 4) is 0 Å². The van der Waals surface area contributed by atoms with Crippen LogP contribution in [0.15, 0.2) is 24.5 Å². The molecule has 5 nitrogen and oxygen atoms in total. The maximum atomic E-state index is 13.1. The summed E-state index contributed by atoms with van der Waals surface area (Å²) < 4.78 is 1.99. The molecule has 0 radical (unpaired) electrons. The van der Waals surface area contributed by atoms with Crippen LogP contribution < -0.4 is 15.2 Å². The average Bonchev–Trinajstić information content (AvgIpc) is 3.02. The van der Waals surface area contributed by atoms with Gasteiger partial charge in [-0.2, -0.15) is 0 Å². The number of nitrogens with zero attached hydrogens (tertiary/aromatic N) is 1. The zero-order chi connectivity index (χ0) is 31.9. The second-order valence-electron chi connectivity index (χ2n) is 13.4. The van der Waals surface area contributed by atoms with Gasteiger partial charge in [0.1, 0.15) is 13.1 Å². The number of rotatable bonds is 31. The Balaban J connectivity index is 2.21. The van der Waals surface area contributed by atoms with E-state index in [2.05, 4.69) is 24.5 Å². The first-order valence-electron chi connectivity index (χ1n) is 19.1. The number of hydrogen-bond donors (Lipinski definition) is 2. The Morgan fingerprint density at radius 1 is 0.591 bits per heavy atom. The van der Waals surface area contributed by atoms with E-state index in [1.165, 1.54) is 135 Å². The van der Waals surface area contributed by atoms with Gasteiger partial charge in [0.05, 0.1) is 0 Å². The molecule has 1 rings (SSSR count). The highest BCUT2D eigenvalue weighted by molar-refractivity contribution is 5.87. The maximum Gasteiger partial charge on any atom is 0.242 e. The van der Waals surface area contributed by atoms with Crippen molar-refractivity contribution in [2.24, 2.45) is 7.05 Å². The van der Waals surface area contributed by atoms with E-state index >= 15 is 0 Å². The molecule has 0 spiro atoms. The Hall–Kier alpha value is -1.91. The van der Waals surface area contributed by atoms with E-state index in [1.54, 1.807) is 0 Å². The summed E-state index contributed by atoms with van der Waals surface area (Å²) in [5.74, 6) is -0.0562. The molecule has 0 saturated carbocycles. The number of nitrogens with one attached hydrogen (secondary N) is 2. The van der Waals surface area contributed by atoms with Crippen molar-refractivity contribution in [1.82, 2.24) is 10.6 Å². The predicted octanol–water partition coefficient (Wildman–Crippen LogP) is 9.84. The van der Waals surface area contributed by atoms with E-state index < -0.39 is 6.04 Å². The summed E-state index contributed by atoms with van der Waals surface area (Å²) in [6.45, 7) is 5.23. The van der Waals surface area contributed by atoms with Crippen LogP contribution in [0, 0.1) is 0 Å². The van der Waals surface area contributed by atoms with Crippen molar-refractivity contribution >= 4 is 11.8 Å². The van der Waals surface area contributed by atoms with Gasteiger partial charge in [-0.3, -0.25) is 9.59 Å². The molecule has 0 saturated heterocycles. The van der Waals surface area contributed by atoms with Gasteiger partial charge in [0.2, 0.25) is 11.8 Å². The van der Waals surface area contributed by atoms with E-state index in [9.17, 15) is 9.59 Å². The summed E-state index contributed by atoms with van der Waals surface area (Å²) in [6.07, 6.45) is 37.5. The van der Waals surface area contributed by atoms with Gasteiger partial charge in [0, 0.05) is 31.5 Å². The zero-order valence-electron chi connectivity index (χ0n) is 29.4. The van der Waals surface area contributed by atoms with Gasteiger partial charge >= 0.3 is 0 Å². The van der Waals surface area contributed by atoms with E-state index in [4.69, 9.17) is 0 Å². The number of amides is 2. The number of carbonyl (C=O) groups is 2. The summed E-state index contributed by atoms with van der Waals surface area (Å²) in [5.41, 5.74) is 1.06. The van der Waals surface area contributed by atoms with Crippen LogP contribution in [-0.2, 0) is 23.1 Å². The Kier molecular flexibility index (Phi) is 27.2. The summed E-state index contributed by atoms with van der Waals surface area (Å²) in [7, 11) is 1.99. The summed E-state index contributed by atoms with van der Waals surface area (Å²) in [5, 5.41) is 6.18. The molecule has 1 aromatic heterocycles. The lowest BCUT2D eigenvalue weighted by atomic mass is 10.0. The van der Waals surface area contributed by atoms with Crippen LogP contribution in [0.25, 0.3) is 0 Å². The predicted molar refractivity (Wildman–Crippen MR) is 188 cm³/mol.